The lowest BCUT2D eigenvalue weighted by molar-refractivity contribution is -0.139. The predicted molar refractivity (Wildman–Crippen MR) is 161 cm³/mol. The van der Waals surface area contributed by atoms with Crippen molar-refractivity contribution in [3.05, 3.63) is 95.0 Å². The van der Waals surface area contributed by atoms with Gasteiger partial charge in [0, 0.05) is 17.6 Å². The van der Waals surface area contributed by atoms with Gasteiger partial charge in [0.05, 0.1) is 10.6 Å². The Labute approximate surface area is 243 Å². The fourth-order valence-corrected chi connectivity index (χ4v) is 5.80. The van der Waals surface area contributed by atoms with E-state index in [1.54, 1.807) is 55.5 Å². The lowest BCUT2D eigenvalue weighted by atomic mass is 10.0. The quantitative estimate of drug-likeness (QED) is 0.284. The molecule has 0 radical (unpaired) electrons. The van der Waals surface area contributed by atoms with Crippen molar-refractivity contribution in [2.45, 2.75) is 70.5 Å². The van der Waals surface area contributed by atoms with Gasteiger partial charge in [-0.05, 0) is 73.7 Å². The van der Waals surface area contributed by atoms with Crippen molar-refractivity contribution >= 4 is 39.1 Å². The van der Waals surface area contributed by atoms with E-state index >= 15 is 0 Å². The second-order valence-corrected chi connectivity index (χ2v) is 12.5. The summed E-state index contributed by atoms with van der Waals surface area (Å²) in [5.74, 6) is -0.573. The largest absolute Gasteiger partial charge is 0.352 e. The number of rotatable bonds is 12. The van der Waals surface area contributed by atoms with Gasteiger partial charge in [-0.1, -0.05) is 74.8 Å². The third-order valence-corrected chi connectivity index (χ3v) is 8.89. The van der Waals surface area contributed by atoms with E-state index in [9.17, 15) is 18.0 Å². The monoisotopic (exact) mass is 583 g/mol. The molecule has 0 saturated carbocycles. The van der Waals surface area contributed by atoms with Crippen molar-refractivity contribution < 1.29 is 18.0 Å². The fourth-order valence-electron chi connectivity index (χ4n) is 4.15. The molecular formula is C31H38ClN3O4S. The van der Waals surface area contributed by atoms with Crippen molar-refractivity contribution in [3.63, 3.8) is 0 Å². The van der Waals surface area contributed by atoms with E-state index in [4.69, 9.17) is 11.6 Å². The van der Waals surface area contributed by atoms with Gasteiger partial charge in [0.25, 0.3) is 10.0 Å². The zero-order valence-corrected chi connectivity index (χ0v) is 25.2. The minimum Gasteiger partial charge on any atom is -0.352 e. The van der Waals surface area contributed by atoms with Crippen LogP contribution in [0, 0.1) is 0 Å². The summed E-state index contributed by atoms with van der Waals surface area (Å²) in [6, 6.07) is 21.3. The lowest BCUT2D eigenvalue weighted by Crippen LogP contribution is -2.52. The normalized spacial score (nSPS) is 13.0. The molecule has 214 valence electrons. The highest BCUT2D eigenvalue weighted by Gasteiger charge is 2.32. The smallest absolute Gasteiger partial charge is 0.264 e. The molecule has 2 atom stereocenters. The molecule has 9 heteroatoms. The Morgan fingerprint density at radius 3 is 2.12 bits per heavy atom. The Balaban J connectivity index is 2.03. The number of carbonyl (C=O) groups is 2. The summed E-state index contributed by atoms with van der Waals surface area (Å²) in [6.45, 7) is 9.20. The summed E-state index contributed by atoms with van der Waals surface area (Å²) in [5.41, 5.74) is 2.13. The van der Waals surface area contributed by atoms with Gasteiger partial charge in [-0.25, -0.2) is 8.42 Å². The van der Waals surface area contributed by atoms with E-state index in [0.29, 0.717) is 10.7 Å². The van der Waals surface area contributed by atoms with Crippen LogP contribution in [0.5, 0.6) is 0 Å². The number of nitrogens with one attached hydrogen (secondary N) is 1. The summed E-state index contributed by atoms with van der Waals surface area (Å²) >= 11 is 6.19. The van der Waals surface area contributed by atoms with Crippen LogP contribution in [0.2, 0.25) is 5.02 Å². The Morgan fingerprint density at radius 1 is 0.900 bits per heavy atom. The van der Waals surface area contributed by atoms with E-state index in [0.717, 1.165) is 21.9 Å². The lowest BCUT2D eigenvalue weighted by Gasteiger charge is -2.32. The average Bonchev–Trinajstić information content (AvgIpc) is 2.94. The van der Waals surface area contributed by atoms with Crippen LogP contribution in [0.4, 0.5) is 5.69 Å². The first-order valence-corrected chi connectivity index (χ1v) is 15.3. The highest BCUT2D eigenvalue weighted by atomic mass is 35.5. The Kier molecular flexibility index (Phi) is 10.8. The van der Waals surface area contributed by atoms with Crippen LogP contribution in [0.15, 0.2) is 83.8 Å². The maximum atomic E-state index is 14.0. The number of benzene rings is 3. The Hall–Kier alpha value is -3.36. The minimum absolute atomic E-state index is 0.0692. The highest BCUT2D eigenvalue weighted by Crippen LogP contribution is 2.27. The van der Waals surface area contributed by atoms with Crippen molar-refractivity contribution in [3.8, 4) is 0 Å². The molecule has 0 aliphatic carbocycles. The SMILES string of the molecule is CCC(C)NC(=O)C(C)N(Cc1cccc(Cl)c1)C(=O)CN(c1ccc(C(C)C)cc1)S(=O)(=O)c1ccccc1. The summed E-state index contributed by atoms with van der Waals surface area (Å²) < 4.78 is 28.8. The molecule has 2 unspecified atom stereocenters. The first-order chi connectivity index (χ1) is 18.9. The number of halogens is 1. The van der Waals surface area contributed by atoms with Crippen molar-refractivity contribution in [2.24, 2.45) is 0 Å². The van der Waals surface area contributed by atoms with Crippen molar-refractivity contribution in [1.82, 2.24) is 10.2 Å². The number of amides is 2. The molecule has 3 aromatic carbocycles. The number of hydrogen-bond acceptors (Lipinski definition) is 4. The molecule has 0 saturated heterocycles. The Bertz CT molecular complexity index is 1400. The summed E-state index contributed by atoms with van der Waals surface area (Å²) in [6.07, 6.45) is 0.732. The molecule has 0 aliphatic heterocycles. The maximum absolute atomic E-state index is 14.0. The number of hydrogen-bond donors (Lipinski definition) is 1. The van der Waals surface area contributed by atoms with Gasteiger partial charge in [0.15, 0.2) is 0 Å². The second kappa shape index (κ2) is 13.8. The van der Waals surface area contributed by atoms with Gasteiger partial charge in [0.2, 0.25) is 11.8 Å². The molecule has 0 bridgehead atoms. The second-order valence-electron chi connectivity index (χ2n) is 10.2. The molecule has 0 heterocycles. The summed E-state index contributed by atoms with van der Waals surface area (Å²) in [4.78, 5) is 28.6. The summed E-state index contributed by atoms with van der Waals surface area (Å²) in [7, 11) is -4.10. The maximum Gasteiger partial charge on any atom is 0.264 e. The van der Waals surface area contributed by atoms with Crippen LogP contribution in [-0.4, -0.2) is 43.8 Å². The van der Waals surface area contributed by atoms with Gasteiger partial charge in [-0.15, -0.1) is 0 Å². The van der Waals surface area contributed by atoms with Crippen molar-refractivity contribution in [2.75, 3.05) is 10.8 Å². The van der Waals surface area contributed by atoms with Crippen LogP contribution in [0.3, 0.4) is 0 Å². The van der Waals surface area contributed by atoms with E-state index in [1.165, 1.54) is 17.0 Å². The molecule has 0 spiro atoms. The van der Waals surface area contributed by atoms with Gasteiger partial charge in [0.1, 0.15) is 12.6 Å². The molecule has 7 nitrogen and oxygen atoms in total. The number of carbonyl (C=O) groups excluding carboxylic acids is 2. The number of anilines is 1. The van der Waals surface area contributed by atoms with Gasteiger partial charge < -0.3 is 10.2 Å². The highest BCUT2D eigenvalue weighted by molar-refractivity contribution is 7.92. The standard InChI is InChI=1S/C31H38ClN3O4S/c1-6-23(4)33-31(37)24(5)34(20-25-11-10-12-27(32)19-25)30(36)21-35(28-17-15-26(16-18-28)22(2)3)40(38,39)29-13-8-7-9-14-29/h7-19,22-24H,6,20-21H2,1-5H3,(H,33,37). The summed E-state index contributed by atoms with van der Waals surface area (Å²) in [5, 5.41) is 3.43. The topological polar surface area (TPSA) is 86.8 Å². The molecule has 1 N–H and O–H groups in total. The van der Waals surface area contributed by atoms with E-state index in [2.05, 4.69) is 19.2 Å². The van der Waals surface area contributed by atoms with E-state index in [1.807, 2.05) is 32.0 Å². The molecule has 40 heavy (non-hydrogen) atoms. The molecule has 3 aromatic rings. The predicted octanol–water partition coefficient (Wildman–Crippen LogP) is 5.99. The number of sulfonamides is 1. The third kappa shape index (κ3) is 7.86. The van der Waals surface area contributed by atoms with Crippen LogP contribution >= 0.6 is 11.6 Å². The van der Waals surface area contributed by atoms with Crippen molar-refractivity contribution in [1.29, 1.82) is 0 Å². The first kappa shape index (κ1) is 31.2. The van der Waals surface area contributed by atoms with Gasteiger partial charge >= 0.3 is 0 Å². The minimum atomic E-state index is -4.10. The van der Waals surface area contributed by atoms with Gasteiger partial charge in [-0.2, -0.15) is 0 Å². The van der Waals surface area contributed by atoms with Crippen LogP contribution in [0.25, 0.3) is 0 Å². The zero-order valence-electron chi connectivity index (χ0n) is 23.7. The van der Waals surface area contributed by atoms with E-state index in [-0.39, 0.29) is 29.3 Å². The van der Waals surface area contributed by atoms with E-state index < -0.39 is 28.5 Å². The zero-order chi connectivity index (χ0) is 29.4. The van der Waals surface area contributed by atoms with Crippen LogP contribution in [-0.2, 0) is 26.2 Å². The molecule has 3 rings (SSSR count). The Morgan fingerprint density at radius 2 is 1.55 bits per heavy atom. The molecule has 0 fully saturated rings. The molecule has 0 aromatic heterocycles. The molecular weight excluding hydrogens is 546 g/mol. The van der Waals surface area contributed by atoms with Crippen LogP contribution in [0.1, 0.15) is 58.1 Å². The van der Waals surface area contributed by atoms with Gasteiger partial charge in [-0.3, -0.25) is 13.9 Å². The van der Waals surface area contributed by atoms with Crippen LogP contribution < -0.4 is 9.62 Å². The average molecular weight is 584 g/mol. The first-order valence-electron chi connectivity index (χ1n) is 13.5. The molecule has 0 aliphatic rings. The fraction of sp³-hybridized carbons (Fsp3) is 0.355. The molecule has 2 amide bonds. The number of nitrogens with zero attached hydrogens (tertiary/aromatic N) is 2. The third-order valence-electron chi connectivity index (χ3n) is 6.87.